The fourth-order valence-corrected chi connectivity index (χ4v) is 2.94. The molecule has 1 aliphatic heterocycles. The largest absolute Gasteiger partial charge is 0.492 e. The molecule has 0 aromatic heterocycles. The number of carbonyl (C=O) groups is 2. The van der Waals surface area contributed by atoms with Gasteiger partial charge in [0.25, 0.3) is 0 Å². The number of fused-ring (bicyclic) bond motifs is 1. The minimum atomic E-state index is -0.554. The number of nitrogens with zero attached hydrogens (tertiary/aromatic N) is 1. The standard InChI is InChI=1S/C20H31N5O3/c1-2-6-16-20(27)23-10-5-8-15-7-3-4-9-17(15)28-12-11-22-13-18(21)24-14-19(26)25-16/h3-4,7,9,16,22H,2,5-6,8,10-14H2,1H3,(H2,21,24)(H,23,27)(H,25,26). The first-order valence-corrected chi connectivity index (χ1v) is 9.87. The van der Waals surface area contributed by atoms with E-state index in [4.69, 9.17) is 10.5 Å². The highest BCUT2D eigenvalue weighted by molar-refractivity contribution is 5.90. The number of nitrogens with two attached hydrogens (primary N) is 1. The molecule has 1 unspecified atom stereocenters. The number of amides is 2. The van der Waals surface area contributed by atoms with Gasteiger partial charge in [-0.1, -0.05) is 31.5 Å². The van der Waals surface area contributed by atoms with Crippen molar-refractivity contribution in [3.63, 3.8) is 0 Å². The Hall–Kier alpha value is -2.61. The van der Waals surface area contributed by atoms with Crippen LogP contribution in [0.2, 0.25) is 0 Å². The SMILES string of the molecule is CCCC1NC(=O)CN=C(N)CNCCOc2ccccc2CCCNC1=O. The van der Waals surface area contributed by atoms with Gasteiger partial charge in [0, 0.05) is 13.1 Å². The summed E-state index contributed by atoms with van der Waals surface area (Å²) in [7, 11) is 0. The van der Waals surface area contributed by atoms with Crippen LogP contribution in [0.5, 0.6) is 5.75 Å². The molecule has 28 heavy (non-hydrogen) atoms. The molecule has 0 bridgehead atoms. The van der Waals surface area contributed by atoms with Gasteiger partial charge >= 0.3 is 0 Å². The normalized spacial score (nSPS) is 20.5. The van der Waals surface area contributed by atoms with E-state index in [0.717, 1.165) is 30.6 Å². The Balaban J connectivity index is 2.05. The van der Waals surface area contributed by atoms with E-state index in [-0.39, 0.29) is 18.4 Å². The van der Waals surface area contributed by atoms with Crippen LogP contribution in [-0.4, -0.2) is 56.5 Å². The number of nitrogens with one attached hydrogen (secondary N) is 3. The number of carbonyl (C=O) groups excluding carboxylic acids is 2. The molecule has 1 aliphatic rings. The molecule has 1 aromatic rings. The molecule has 8 heteroatoms. The van der Waals surface area contributed by atoms with E-state index in [1.807, 2.05) is 31.2 Å². The van der Waals surface area contributed by atoms with Gasteiger partial charge in [0.05, 0.1) is 6.54 Å². The zero-order valence-electron chi connectivity index (χ0n) is 16.5. The van der Waals surface area contributed by atoms with Gasteiger partial charge in [0.1, 0.15) is 30.8 Å². The third-order valence-corrected chi connectivity index (χ3v) is 4.39. The molecule has 1 heterocycles. The highest BCUT2D eigenvalue weighted by atomic mass is 16.5. The Morgan fingerprint density at radius 2 is 2.07 bits per heavy atom. The molecule has 0 saturated carbocycles. The molecule has 0 radical (unpaired) electrons. The Labute approximate surface area is 166 Å². The number of aliphatic imine (C=N–C) groups is 1. The third kappa shape index (κ3) is 7.56. The van der Waals surface area contributed by atoms with Crippen LogP contribution >= 0.6 is 0 Å². The van der Waals surface area contributed by atoms with Crippen molar-refractivity contribution in [2.45, 2.75) is 38.6 Å². The number of hydrogen-bond donors (Lipinski definition) is 4. The smallest absolute Gasteiger partial charge is 0.242 e. The summed E-state index contributed by atoms with van der Waals surface area (Å²) in [6.45, 7) is 3.91. The molecule has 1 atom stereocenters. The molecular formula is C20H31N5O3. The van der Waals surface area contributed by atoms with Crippen LogP contribution < -0.4 is 26.4 Å². The fourth-order valence-electron chi connectivity index (χ4n) is 2.94. The van der Waals surface area contributed by atoms with Gasteiger partial charge in [-0.3, -0.25) is 14.6 Å². The summed E-state index contributed by atoms with van der Waals surface area (Å²) in [5, 5.41) is 8.82. The van der Waals surface area contributed by atoms with Crippen LogP contribution in [0.4, 0.5) is 0 Å². The molecular weight excluding hydrogens is 358 g/mol. The summed E-state index contributed by atoms with van der Waals surface area (Å²) in [6.07, 6.45) is 2.96. The Bertz CT molecular complexity index is 678. The van der Waals surface area contributed by atoms with E-state index < -0.39 is 6.04 Å². The average molecular weight is 390 g/mol. The molecule has 2 amide bonds. The van der Waals surface area contributed by atoms with Gasteiger partial charge in [0.2, 0.25) is 11.8 Å². The minimum Gasteiger partial charge on any atom is -0.492 e. The second-order valence-electron chi connectivity index (χ2n) is 6.74. The summed E-state index contributed by atoms with van der Waals surface area (Å²) >= 11 is 0. The van der Waals surface area contributed by atoms with Crippen molar-refractivity contribution in [3.8, 4) is 5.75 Å². The maximum Gasteiger partial charge on any atom is 0.242 e. The van der Waals surface area contributed by atoms with E-state index in [9.17, 15) is 9.59 Å². The number of ether oxygens (including phenoxy) is 1. The van der Waals surface area contributed by atoms with Gasteiger partial charge in [0.15, 0.2) is 0 Å². The van der Waals surface area contributed by atoms with Crippen molar-refractivity contribution in [3.05, 3.63) is 29.8 Å². The Morgan fingerprint density at radius 1 is 1.25 bits per heavy atom. The molecule has 0 spiro atoms. The molecule has 154 valence electrons. The molecule has 5 N–H and O–H groups in total. The number of amidine groups is 1. The van der Waals surface area contributed by atoms with Crippen LogP contribution in [0.15, 0.2) is 29.3 Å². The van der Waals surface area contributed by atoms with Gasteiger partial charge in [-0.15, -0.1) is 0 Å². The van der Waals surface area contributed by atoms with Crippen LogP contribution in [0.1, 0.15) is 31.7 Å². The maximum absolute atomic E-state index is 12.4. The summed E-state index contributed by atoms with van der Waals surface area (Å²) in [5.74, 6) is 0.720. The van der Waals surface area contributed by atoms with Crippen LogP contribution in [-0.2, 0) is 16.0 Å². The number of benzene rings is 1. The molecule has 8 nitrogen and oxygen atoms in total. The Morgan fingerprint density at radius 3 is 2.89 bits per heavy atom. The first kappa shape index (κ1) is 21.7. The lowest BCUT2D eigenvalue weighted by Gasteiger charge is -2.18. The number of hydrogen-bond acceptors (Lipinski definition) is 6. The summed E-state index contributed by atoms with van der Waals surface area (Å²) in [5.41, 5.74) is 6.94. The lowest BCUT2D eigenvalue weighted by atomic mass is 10.1. The molecule has 0 saturated heterocycles. The summed E-state index contributed by atoms with van der Waals surface area (Å²) < 4.78 is 5.86. The highest BCUT2D eigenvalue weighted by Crippen LogP contribution is 2.19. The number of aryl methyl sites for hydroxylation is 1. The van der Waals surface area contributed by atoms with Crippen molar-refractivity contribution < 1.29 is 14.3 Å². The topological polar surface area (TPSA) is 118 Å². The number of para-hydroxylation sites is 1. The third-order valence-electron chi connectivity index (χ3n) is 4.39. The lowest BCUT2D eigenvalue weighted by Crippen LogP contribution is -2.47. The predicted molar refractivity (Wildman–Crippen MR) is 109 cm³/mol. The fraction of sp³-hybridized carbons (Fsp3) is 0.550. The minimum absolute atomic E-state index is 0.0924. The predicted octanol–water partition coefficient (Wildman–Crippen LogP) is 0.360. The van der Waals surface area contributed by atoms with Gasteiger partial charge in [-0.05, 0) is 30.9 Å². The Kier molecular flexibility index (Phi) is 9.27. The average Bonchev–Trinajstić information content (AvgIpc) is 2.69. The second kappa shape index (κ2) is 12.0. The monoisotopic (exact) mass is 389 g/mol. The zero-order chi connectivity index (χ0) is 20.2. The van der Waals surface area contributed by atoms with Crippen LogP contribution in [0.3, 0.4) is 0 Å². The second-order valence-corrected chi connectivity index (χ2v) is 6.74. The quantitative estimate of drug-likeness (QED) is 0.583. The summed E-state index contributed by atoms with van der Waals surface area (Å²) in [6, 6.07) is 7.36. The summed E-state index contributed by atoms with van der Waals surface area (Å²) in [4.78, 5) is 28.6. The first-order valence-electron chi connectivity index (χ1n) is 9.87. The molecule has 0 aliphatic carbocycles. The van der Waals surface area contributed by atoms with E-state index in [2.05, 4.69) is 20.9 Å². The zero-order valence-corrected chi connectivity index (χ0v) is 16.5. The highest BCUT2D eigenvalue weighted by Gasteiger charge is 2.19. The van der Waals surface area contributed by atoms with Gasteiger partial charge in [-0.2, -0.15) is 0 Å². The van der Waals surface area contributed by atoms with E-state index in [0.29, 0.717) is 38.5 Å². The van der Waals surface area contributed by atoms with Gasteiger partial charge in [-0.25, -0.2) is 0 Å². The molecule has 2 rings (SSSR count). The van der Waals surface area contributed by atoms with Gasteiger partial charge < -0.3 is 26.4 Å². The van der Waals surface area contributed by atoms with E-state index in [1.165, 1.54) is 0 Å². The number of rotatable bonds is 2. The maximum atomic E-state index is 12.4. The van der Waals surface area contributed by atoms with Crippen molar-refractivity contribution in [2.24, 2.45) is 10.7 Å². The lowest BCUT2D eigenvalue weighted by molar-refractivity contribution is -0.128. The van der Waals surface area contributed by atoms with Crippen molar-refractivity contribution >= 4 is 17.6 Å². The first-order chi connectivity index (χ1) is 13.6. The van der Waals surface area contributed by atoms with E-state index in [1.54, 1.807) is 0 Å². The van der Waals surface area contributed by atoms with Crippen molar-refractivity contribution in [1.82, 2.24) is 16.0 Å². The van der Waals surface area contributed by atoms with Crippen LogP contribution in [0.25, 0.3) is 0 Å². The van der Waals surface area contributed by atoms with Crippen LogP contribution in [0, 0.1) is 0 Å². The molecule has 1 aromatic carbocycles. The molecule has 0 fully saturated rings. The van der Waals surface area contributed by atoms with E-state index >= 15 is 0 Å². The van der Waals surface area contributed by atoms with Crippen molar-refractivity contribution in [2.75, 3.05) is 32.8 Å². The van der Waals surface area contributed by atoms with Crippen molar-refractivity contribution in [1.29, 1.82) is 0 Å².